The molecule has 0 fully saturated rings. The van der Waals surface area contributed by atoms with Gasteiger partial charge in [-0.2, -0.15) is 0 Å². The van der Waals surface area contributed by atoms with Crippen molar-refractivity contribution in [2.75, 3.05) is 25.1 Å². The molecular weight excluding hydrogens is 264 g/mol. The first kappa shape index (κ1) is 11.9. The third-order valence-corrected chi connectivity index (χ3v) is 2.03. The number of halogens is 1. The van der Waals surface area contributed by atoms with Crippen LogP contribution in [0.15, 0.2) is 17.0 Å². The van der Waals surface area contributed by atoms with Crippen LogP contribution in [0.25, 0.3) is 0 Å². The number of anilines is 1. The van der Waals surface area contributed by atoms with Crippen LogP contribution in [0.1, 0.15) is 0 Å². The van der Waals surface area contributed by atoms with Crippen molar-refractivity contribution < 1.29 is 9.53 Å². The highest BCUT2D eigenvalue weighted by Gasteiger charge is 1.99. The zero-order valence-electron chi connectivity index (χ0n) is 7.94. The number of aromatic nitrogens is 2. The van der Waals surface area contributed by atoms with Crippen LogP contribution in [-0.2, 0) is 9.53 Å². The van der Waals surface area contributed by atoms with E-state index in [0.717, 1.165) is 4.47 Å². The Kier molecular flexibility index (Phi) is 4.99. The van der Waals surface area contributed by atoms with Crippen molar-refractivity contribution in [1.29, 1.82) is 0 Å². The Labute approximate surface area is 95.4 Å². The number of carbonyl (C=O) groups excluding carboxylic acids is 1. The highest BCUT2D eigenvalue weighted by molar-refractivity contribution is 9.10. The van der Waals surface area contributed by atoms with Crippen LogP contribution in [0.5, 0.6) is 0 Å². The minimum absolute atomic E-state index is 0.0629. The van der Waals surface area contributed by atoms with Gasteiger partial charge >= 0.3 is 0 Å². The van der Waals surface area contributed by atoms with Crippen molar-refractivity contribution in [3.63, 3.8) is 0 Å². The van der Waals surface area contributed by atoms with E-state index in [1.807, 2.05) is 0 Å². The van der Waals surface area contributed by atoms with Crippen molar-refractivity contribution in [2.45, 2.75) is 0 Å². The first-order valence-electron chi connectivity index (χ1n) is 4.25. The number of rotatable bonds is 6. The van der Waals surface area contributed by atoms with Gasteiger partial charge in [-0.3, -0.25) is 4.79 Å². The summed E-state index contributed by atoms with van der Waals surface area (Å²) in [5.41, 5.74) is 4.90. The lowest BCUT2D eigenvalue weighted by molar-refractivity contribution is -0.122. The molecule has 0 aliphatic carbocycles. The fourth-order valence-electron chi connectivity index (χ4n) is 0.857. The molecule has 15 heavy (non-hydrogen) atoms. The molecule has 1 amide bonds. The predicted octanol–water partition coefficient (Wildman–Crippen LogP) is 0.153. The molecule has 0 atom stereocenters. The molecule has 0 spiro atoms. The molecule has 0 aromatic carbocycles. The van der Waals surface area contributed by atoms with Gasteiger partial charge in [0.25, 0.3) is 0 Å². The molecule has 0 bridgehead atoms. The molecule has 1 rings (SSSR count). The Balaban J connectivity index is 2.21. The number of nitrogens with one attached hydrogen (secondary N) is 1. The quantitative estimate of drug-likeness (QED) is 0.721. The van der Waals surface area contributed by atoms with E-state index in [4.69, 9.17) is 10.5 Å². The van der Waals surface area contributed by atoms with E-state index in [-0.39, 0.29) is 6.61 Å². The van der Waals surface area contributed by atoms with E-state index < -0.39 is 5.91 Å². The number of nitrogens with zero attached hydrogens (tertiary/aromatic N) is 2. The van der Waals surface area contributed by atoms with Crippen LogP contribution in [-0.4, -0.2) is 35.6 Å². The molecule has 82 valence electrons. The zero-order chi connectivity index (χ0) is 11.1. The molecule has 1 aromatic heterocycles. The molecule has 3 N–H and O–H groups in total. The summed E-state index contributed by atoms with van der Waals surface area (Å²) in [5.74, 6) is 0.214. The van der Waals surface area contributed by atoms with Crippen molar-refractivity contribution in [3.8, 4) is 0 Å². The van der Waals surface area contributed by atoms with Gasteiger partial charge < -0.3 is 15.8 Å². The van der Waals surface area contributed by atoms with Gasteiger partial charge in [-0.05, 0) is 15.9 Å². The first-order valence-corrected chi connectivity index (χ1v) is 5.05. The topological polar surface area (TPSA) is 90.1 Å². The summed E-state index contributed by atoms with van der Waals surface area (Å²) in [6.45, 7) is 0.870. The molecule has 0 radical (unpaired) electrons. The number of ether oxygens (including phenoxy) is 1. The standard InChI is InChI=1S/C8H11BrN4O2/c9-6-3-11-5-13-8(6)12-1-2-15-4-7(10)14/h3,5H,1-2,4H2,(H2,10,14)(H,11,12,13). The van der Waals surface area contributed by atoms with Crippen LogP contribution in [0.3, 0.4) is 0 Å². The van der Waals surface area contributed by atoms with E-state index >= 15 is 0 Å². The maximum atomic E-state index is 10.3. The normalized spacial score (nSPS) is 9.93. The van der Waals surface area contributed by atoms with Crippen LogP contribution in [0, 0.1) is 0 Å². The Morgan fingerprint density at radius 2 is 2.47 bits per heavy atom. The summed E-state index contributed by atoms with van der Waals surface area (Å²) in [5, 5.41) is 3.01. The highest BCUT2D eigenvalue weighted by atomic mass is 79.9. The summed E-state index contributed by atoms with van der Waals surface area (Å²) in [6.07, 6.45) is 3.08. The molecule has 0 unspecified atom stereocenters. The van der Waals surface area contributed by atoms with Gasteiger partial charge in [-0.25, -0.2) is 9.97 Å². The number of hydrogen-bond acceptors (Lipinski definition) is 5. The van der Waals surface area contributed by atoms with Crippen molar-refractivity contribution in [2.24, 2.45) is 5.73 Å². The smallest absolute Gasteiger partial charge is 0.243 e. The van der Waals surface area contributed by atoms with Gasteiger partial charge in [0.05, 0.1) is 11.1 Å². The number of amides is 1. The van der Waals surface area contributed by atoms with Crippen LogP contribution >= 0.6 is 15.9 Å². The summed E-state index contributed by atoms with van der Waals surface area (Å²) >= 11 is 3.29. The average molecular weight is 275 g/mol. The monoisotopic (exact) mass is 274 g/mol. The molecule has 1 heterocycles. The van der Waals surface area contributed by atoms with Crippen molar-refractivity contribution in [1.82, 2.24) is 9.97 Å². The first-order chi connectivity index (χ1) is 7.20. The minimum atomic E-state index is -0.474. The average Bonchev–Trinajstić information content (AvgIpc) is 2.20. The molecule has 1 aromatic rings. The second kappa shape index (κ2) is 6.31. The maximum Gasteiger partial charge on any atom is 0.243 e. The highest BCUT2D eigenvalue weighted by Crippen LogP contribution is 2.16. The van der Waals surface area contributed by atoms with Gasteiger partial charge in [-0.1, -0.05) is 0 Å². The van der Waals surface area contributed by atoms with Gasteiger partial charge in [-0.15, -0.1) is 0 Å². The van der Waals surface area contributed by atoms with Crippen molar-refractivity contribution in [3.05, 3.63) is 17.0 Å². The summed E-state index contributed by atoms with van der Waals surface area (Å²) < 4.78 is 5.74. The van der Waals surface area contributed by atoms with E-state index in [0.29, 0.717) is 19.0 Å². The number of hydrogen-bond donors (Lipinski definition) is 2. The van der Waals surface area contributed by atoms with Crippen molar-refractivity contribution >= 4 is 27.7 Å². The molecule has 0 saturated carbocycles. The molecule has 0 aliphatic rings. The third-order valence-electron chi connectivity index (χ3n) is 1.45. The maximum absolute atomic E-state index is 10.3. The van der Waals surface area contributed by atoms with E-state index in [9.17, 15) is 4.79 Å². The van der Waals surface area contributed by atoms with Crippen LogP contribution < -0.4 is 11.1 Å². The summed E-state index contributed by atoms with van der Waals surface area (Å²) in [6, 6.07) is 0. The lowest BCUT2D eigenvalue weighted by atomic mass is 10.5. The van der Waals surface area contributed by atoms with Crippen LogP contribution in [0.4, 0.5) is 5.82 Å². The number of nitrogens with two attached hydrogens (primary N) is 1. The minimum Gasteiger partial charge on any atom is -0.370 e. The Bertz CT molecular complexity index is 334. The zero-order valence-corrected chi connectivity index (χ0v) is 9.53. The summed E-state index contributed by atoms with van der Waals surface area (Å²) in [7, 11) is 0. The molecule has 0 saturated heterocycles. The van der Waals surface area contributed by atoms with Crippen LogP contribution in [0.2, 0.25) is 0 Å². The number of primary amides is 1. The fourth-order valence-corrected chi connectivity index (χ4v) is 1.22. The molecule has 6 nitrogen and oxygen atoms in total. The van der Waals surface area contributed by atoms with Gasteiger partial charge in [0, 0.05) is 12.7 Å². The largest absolute Gasteiger partial charge is 0.370 e. The second-order valence-electron chi connectivity index (χ2n) is 2.66. The van der Waals surface area contributed by atoms with E-state index in [2.05, 4.69) is 31.2 Å². The fraction of sp³-hybridized carbons (Fsp3) is 0.375. The Morgan fingerprint density at radius 3 is 3.13 bits per heavy atom. The molecular formula is C8H11BrN4O2. The predicted molar refractivity (Wildman–Crippen MR) is 58.2 cm³/mol. The number of carbonyl (C=O) groups is 1. The Hall–Kier alpha value is -1.21. The van der Waals surface area contributed by atoms with Gasteiger partial charge in [0.2, 0.25) is 5.91 Å². The molecule has 0 aliphatic heterocycles. The van der Waals surface area contributed by atoms with Gasteiger partial charge in [0.1, 0.15) is 18.8 Å². The molecule has 7 heteroatoms. The second-order valence-corrected chi connectivity index (χ2v) is 3.52. The van der Waals surface area contributed by atoms with E-state index in [1.165, 1.54) is 6.33 Å². The van der Waals surface area contributed by atoms with Gasteiger partial charge in [0.15, 0.2) is 0 Å². The third kappa shape index (κ3) is 4.71. The van der Waals surface area contributed by atoms with E-state index in [1.54, 1.807) is 6.20 Å². The Morgan fingerprint density at radius 1 is 1.67 bits per heavy atom. The lowest BCUT2D eigenvalue weighted by Gasteiger charge is -2.06. The summed E-state index contributed by atoms with van der Waals surface area (Å²) in [4.78, 5) is 18.2. The lowest BCUT2D eigenvalue weighted by Crippen LogP contribution is -2.20. The SMILES string of the molecule is NC(=O)COCCNc1ncncc1Br.